The van der Waals surface area contributed by atoms with Crippen LogP contribution in [0.5, 0.6) is 0 Å². The summed E-state index contributed by atoms with van der Waals surface area (Å²) >= 11 is 0. The molecule has 113 valence electrons. The second-order valence-corrected chi connectivity index (χ2v) is 7.02. The quantitative estimate of drug-likeness (QED) is 0.424. The van der Waals surface area contributed by atoms with Gasteiger partial charge >= 0.3 is 0 Å². The van der Waals surface area contributed by atoms with Crippen molar-refractivity contribution in [1.29, 1.82) is 0 Å². The summed E-state index contributed by atoms with van der Waals surface area (Å²) in [5.74, 6) is 0.627. The first-order valence-electron chi connectivity index (χ1n) is 8.41. The highest BCUT2D eigenvalue weighted by Crippen LogP contribution is 2.29. The van der Waals surface area contributed by atoms with E-state index in [9.17, 15) is 0 Å². The van der Waals surface area contributed by atoms with Crippen LogP contribution in [0.15, 0.2) is 30.3 Å². The van der Waals surface area contributed by atoms with Gasteiger partial charge in [-0.05, 0) is 23.3 Å². The Balaban J connectivity index is 2.09. The lowest BCUT2D eigenvalue weighted by atomic mass is 9.80. The van der Waals surface area contributed by atoms with Crippen LogP contribution in [0.2, 0.25) is 0 Å². The van der Waals surface area contributed by atoms with E-state index in [-0.39, 0.29) is 0 Å². The monoisotopic (exact) mass is 273 g/mol. The molecule has 1 aromatic carbocycles. The molecule has 0 aromatic heterocycles. The average molecular weight is 273 g/mol. The summed E-state index contributed by atoms with van der Waals surface area (Å²) in [6.45, 7) is 11.0. The first kappa shape index (κ1) is 17.3. The molecule has 0 nitrogen and oxygen atoms in total. The Morgan fingerprint density at radius 3 is 2.05 bits per heavy atom. The fourth-order valence-electron chi connectivity index (χ4n) is 2.80. The lowest BCUT2D eigenvalue weighted by Gasteiger charge is -2.25. The Labute approximate surface area is 127 Å². The molecule has 0 aliphatic heterocycles. The lowest BCUT2D eigenvalue weighted by molar-refractivity contribution is 0.440. The van der Waals surface area contributed by atoms with Crippen molar-refractivity contribution < 1.29 is 0 Å². The van der Waals surface area contributed by atoms with Gasteiger partial charge in [-0.25, -0.2) is 0 Å². The molecule has 0 aliphatic rings. The van der Waals surface area contributed by atoms with E-state index in [0.717, 1.165) is 0 Å². The van der Waals surface area contributed by atoms with Crippen LogP contribution in [0.3, 0.4) is 0 Å². The third kappa shape index (κ3) is 7.12. The second-order valence-electron chi connectivity index (χ2n) is 7.02. The van der Waals surface area contributed by atoms with Crippen LogP contribution in [0.1, 0.15) is 77.7 Å². The smallest absolute Gasteiger partial charge is 0.0104 e. The topological polar surface area (TPSA) is 0 Å². The predicted molar refractivity (Wildman–Crippen MR) is 90.9 cm³/mol. The molecule has 0 heterocycles. The summed E-state index contributed by atoms with van der Waals surface area (Å²) in [5, 5.41) is 0. The van der Waals surface area contributed by atoms with Crippen LogP contribution >= 0.6 is 0 Å². The molecule has 0 spiro atoms. The molecule has 1 rings (SSSR count). The third-order valence-electron chi connectivity index (χ3n) is 4.30. The number of rotatable bonds is 10. The van der Waals surface area contributed by atoms with Crippen LogP contribution in [0.4, 0.5) is 0 Å². The normalized spacial score (nSPS) is 12.1. The molecule has 0 amide bonds. The van der Waals surface area contributed by atoms with Gasteiger partial charge in [0, 0.05) is 0 Å². The summed E-state index contributed by atoms with van der Waals surface area (Å²) in [4.78, 5) is 0. The molecule has 20 heavy (non-hydrogen) atoms. The van der Waals surface area contributed by atoms with E-state index in [4.69, 9.17) is 0 Å². The van der Waals surface area contributed by atoms with Gasteiger partial charge in [-0.3, -0.25) is 0 Å². The van der Waals surface area contributed by atoms with Crippen LogP contribution in [0.25, 0.3) is 0 Å². The van der Waals surface area contributed by atoms with Gasteiger partial charge in [0.25, 0.3) is 0 Å². The van der Waals surface area contributed by atoms with Crippen molar-refractivity contribution in [3.8, 4) is 0 Å². The summed E-state index contributed by atoms with van der Waals surface area (Å²) in [5.41, 5.74) is 1.80. The van der Waals surface area contributed by atoms with Crippen molar-refractivity contribution in [2.24, 2.45) is 5.92 Å². The first-order chi connectivity index (χ1) is 9.52. The molecule has 0 heteroatoms. The lowest BCUT2D eigenvalue weighted by Crippen LogP contribution is -2.16. The number of unbranched alkanes of at least 4 members (excludes halogenated alkanes) is 5. The van der Waals surface area contributed by atoms with Crippen molar-refractivity contribution in [2.45, 2.75) is 77.6 Å². The van der Waals surface area contributed by atoms with E-state index in [1.165, 1.54) is 56.9 Å². The van der Waals surface area contributed by atoms with Crippen molar-refractivity contribution >= 4 is 0 Å². The Bertz CT molecular complexity index is 334. The molecule has 0 bridgehead atoms. The summed E-state index contributed by atoms with van der Waals surface area (Å²) in [7, 11) is 0. The summed E-state index contributed by atoms with van der Waals surface area (Å²) < 4.78 is 0. The zero-order chi connectivity index (χ0) is 14.8. The van der Waals surface area contributed by atoms with Gasteiger partial charge in [-0.2, -0.15) is 0 Å². The molecule has 1 atom stereocenters. The Morgan fingerprint density at radius 1 is 0.900 bits per heavy atom. The minimum Gasteiger partial charge on any atom is -0.0625 e. The number of benzene rings is 1. The zero-order valence-corrected chi connectivity index (χ0v) is 13.8. The standard InChI is InChI=1S/C20H33/c1-18(2)14-10-7-5-6-8-13-17-20(3,4)19-15-11-9-12-16-19/h9,11-12,15-16,18H,1,5-8,10,13-14,17H2,2-4H3. The first-order valence-corrected chi connectivity index (χ1v) is 8.41. The Morgan fingerprint density at radius 2 is 1.45 bits per heavy atom. The minimum absolute atomic E-state index is 0.324. The summed E-state index contributed by atoms with van der Waals surface area (Å²) in [6, 6.07) is 10.9. The van der Waals surface area contributed by atoms with Crippen molar-refractivity contribution in [3.63, 3.8) is 0 Å². The summed E-state index contributed by atoms with van der Waals surface area (Å²) in [6.07, 6.45) is 10.9. The fourth-order valence-corrected chi connectivity index (χ4v) is 2.80. The zero-order valence-electron chi connectivity index (χ0n) is 13.8. The van der Waals surface area contributed by atoms with E-state index >= 15 is 0 Å². The van der Waals surface area contributed by atoms with Gasteiger partial charge in [0.1, 0.15) is 0 Å². The van der Waals surface area contributed by atoms with Crippen molar-refractivity contribution in [2.75, 3.05) is 0 Å². The van der Waals surface area contributed by atoms with E-state index in [2.05, 4.69) is 58.0 Å². The van der Waals surface area contributed by atoms with Crippen molar-refractivity contribution in [3.05, 3.63) is 42.8 Å². The SMILES string of the molecule is [CH2]C(C)CCCCCCCCC(C)(C)c1ccccc1. The molecule has 0 aliphatic carbocycles. The van der Waals surface area contributed by atoms with Gasteiger partial charge in [0.2, 0.25) is 0 Å². The molecular formula is C20H33. The van der Waals surface area contributed by atoms with E-state index in [1.54, 1.807) is 0 Å². The maximum absolute atomic E-state index is 4.04. The van der Waals surface area contributed by atoms with Crippen molar-refractivity contribution in [1.82, 2.24) is 0 Å². The van der Waals surface area contributed by atoms with Crippen LogP contribution < -0.4 is 0 Å². The highest BCUT2D eigenvalue weighted by molar-refractivity contribution is 5.23. The number of hydrogen-bond donors (Lipinski definition) is 0. The largest absolute Gasteiger partial charge is 0.0625 e. The maximum Gasteiger partial charge on any atom is -0.0104 e. The van der Waals surface area contributed by atoms with E-state index < -0.39 is 0 Å². The highest BCUT2D eigenvalue weighted by Gasteiger charge is 2.19. The molecule has 0 N–H and O–H groups in total. The minimum atomic E-state index is 0.324. The van der Waals surface area contributed by atoms with E-state index in [1.807, 2.05) is 0 Å². The third-order valence-corrected chi connectivity index (χ3v) is 4.30. The molecule has 1 aromatic rings. The maximum atomic E-state index is 4.04. The van der Waals surface area contributed by atoms with Gasteiger partial charge < -0.3 is 0 Å². The molecule has 1 unspecified atom stereocenters. The van der Waals surface area contributed by atoms with Gasteiger partial charge in [-0.15, -0.1) is 0 Å². The van der Waals surface area contributed by atoms with Crippen LogP contribution in [-0.4, -0.2) is 0 Å². The fraction of sp³-hybridized carbons (Fsp3) is 0.650. The molecule has 0 saturated heterocycles. The average Bonchev–Trinajstić information content (AvgIpc) is 2.42. The predicted octanol–water partition coefficient (Wildman–Crippen LogP) is 6.56. The Hall–Kier alpha value is -0.780. The molecule has 1 radical (unpaired) electrons. The number of hydrogen-bond acceptors (Lipinski definition) is 0. The molecule has 0 saturated carbocycles. The molecule has 0 fully saturated rings. The van der Waals surface area contributed by atoms with Crippen LogP contribution in [0, 0.1) is 12.8 Å². The second kappa shape index (κ2) is 9.21. The Kier molecular flexibility index (Phi) is 7.95. The molecular weight excluding hydrogens is 240 g/mol. The van der Waals surface area contributed by atoms with E-state index in [0.29, 0.717) is 11.3 Å². The van der Waals surface area contributed by atoms with Crippen LogP contribution in [-0.2, 0) is 5.41 Å². The van der Waals surface area contributed by atoms with Gasteiger partial charge in [-0.1, -0.05) is 103 Å². The highest BCUT2D eigenvalue weighted by atomic mass is 14.2. The van der Waals surface area contributed by atoms with Gasteiger partial charge in [0.05, 0.1) is 0 Å². The van der Waals surface area contributed by atoms with Gasteiger partial charge in [0.15, 0.2) is 0 Å².